The summed E-state index contributed by atoms with van der Waals surface area (Å²) < 4.78 is 13.2. The molecule has 0 aliphatic heterocycles. The molecule has 2 amide bonds. The monoisotopic (exact) mass is 349 g/mol. The number of hydrogen-bond donors (Lipinski definition) is 2. The molecule has 5 nitrogen and oxygen atoms in total. The first-order valence-corrected chi connectivity index (χ1v) is 8.44. The Labute approximate surface area is 144 Å². The summed E-state index contributed by atoms with van der Waals surface area (Å²) in [4.78, 5) is 28.6. The van der Waals surface area contributed by atoms with E-state index in [1.165, 1.54) is 30.4 Å². The van der Waals surface area contributed by atoms with Gasteiger partial charge < -0.3 is 10.6 Å². The molecule has 1 aromatic carbocycles. The molecule has 0 fully saturated rings. The van der Waals surface area contributed by atoms with E-state index in [4.69, 9.17) is 0 Å². The highest BCUT2D eigenvalue weighted by molar-refractivity contribution is 7.15. The zero-order valence-electron chi connectivity index (χ0n) is 13.8. The van der Waals surface area contributed by atoms with Gasteiger partial charge in [0.2, 0.25) is 11.8 Å². The number of nitrogens with one attached hydrogen (secondary N) is 2. The van der Waals surface area contributed by atoms with Crippen molar-refractivity contribution < 1.29 is 14.0 Å². The van der Waals surface area contributed by atoms with Crippen molar-refractivity contribution in [2.24, 2.45) is 5.92 Å². The largest absolute Gasteiger partial charge is 0.344 e. The second-order valence-electron chi connectivity index (χ2n) is 5.85. The minimum Gasteiger partial charge on any atom is -0.344 e. The molecule has 0 unspecified atom stereocenters. The fraction of sp³-hybridized carbons (Fsp3) is 0.353. The Morgan fingerprint density at radius 1 is 1.33 bits per heavy atom. The number of thiazole rings is 1. The minimum atomic E-state index is -0.613. The lowest BCUT2D eigenvalue weighted by Gasteiger charge is -2.20. The van der Waals surface area contributed by atoms with E-state index < -0.39 is 6.04 Å². The Balaban J connectivity index is 2.02. The number of rotatable bonds is 6. The van der Waals surface area contributed by atoms with E-state index in [1.54, 1.807) is 12.3 Å². The topological polar surface area (TPSA) is 71.1 Å². The van der Waals surface area contributed by atoms with Crippen LogP contribution in [0.15, 0.2) is 30.5 Å². The maximum absolute atomic E-state index is 13.2. The van der Waals surface area contributed by atoms with Gasteiger partial charge in [0.1, 0.15) is 11.9 Å². The third-order valence-electron chi connectivity index (χ3n) is 3.36. The van der Waals surface area contributed by atoms with Gasteiger partial charge >= 0.3 is 0 Å². The van der Waals surface area contributed by atoms with E-state index in [0.29, 0.717) is 11.6 Å². The van der Waals surface area contributed by atoms with Crippen molar-refractivity contribution in [1.29, 1.82) is 0 Å². The van der Waals surface area contributed by atoms with Crippen LogP contribution in [0.1, 0.15) is 31.2 Å². The Bertz CT molecular complexity index is 730. The molecule has 1 atom stereocenters. The van der Waals surface area contributed by atoms with Crippen molar-refractivity contribution in [2.75, 3.05) is 5.32 Å². The van der Waals surface area contributed by atoms with E-state index in [-0.39, 0.29) is 23.5 Å². The molecular formula is C17H20FN3O2S. The van der Waals surface area contributed by atoms with Gasteiger partial charge in [-0.2, -0.15) is 0 Å². The summed E-state index contributed by atoms with van der Waals surface area (Å²) in [6, 6.07) is 5.76. The van der Waals surface area contributed by atoms with Crippen LogP contribution in [-0.2, 0) is 16.0 Å². The molecule has 24 heavy (non-hydrogen) atoms. The summed E-state index contributed by atoms with van der Waals surface area (Å²) in [6.45, 7) is 5.10. The van der Waals surface area contributed by atoms with Crippen LogP contribution in [0.4, 0.5) is 9.52 Å². The van der Waals surface area contributed by atoms with E-state index >= 15 is 0 Å². The Morgan fingerprint density at radius 2 is 2.08 bits per heavy atom. The van der Waals surface area contributed by atoms with Crippen molar-refractivity contribution in [3.8, 4) is 0 Å². The number of halogens is 1. The smallest absolute Gasteiger partial charge is 0.248 e. The van der Waals surface area contributed by atoms with Crippen molar-refractivity contribution in [1.82, 2.24) is 10.3 Å². The van der Waals surface area contributed by atoms with Gasteiger partial charge in [0, 0.05) is 24.4 Å². The van der Waals surface area contributed by atoms with Crippen molar-refractivity contribution in [3.63, 3.8) is 0 Å². The average molecular weight is 349 g/mol. The van der Waals surface area contributed by atoms with Gasteiger partial charge in [-0.05, 0) is 23.6 Å². The first kappa shape index (κ1) is 18.1. The summed E-state index contributed by atoms with van der Waals surface area (Å²) in [5.41, 5.74) is 0.842. The van der Waals surface area contributed by atoms with E-state index in [9.17, 15) is 14.0 Å². The molecular weight excluding hydrogens is 329 g/mol. The second-order valence-corrected chi connectivity index (χ2v) is 6.97. The van der Waals surface area contributed by atoms with Gasteiger partial charge in [-0.25, -0.2) is 9.37 Å². The van der Waals surface area contributed by atoms with Gasteiger partial charge in [-0.3, -0.25) is 9.59 Å². The molecule has 0 radical (unpaired) electrons. The molecule has 0 bridgehead atoms. The molecule has 2 N–H and O–H groups in total. The Morgan fingerprint density at radius 3 is 2.71 bits per heavy atom. The van der Waals surface area contributed by atoms with Crippen LogP contribution in [0, 0.1) is 11.7 Å². The fourth-order valence-corrected chi connectivity index (χ4v) is 3.08. The van der Waals surface area contributed by atoms with Crippen LogP contribution in [0.25, 0.3) is 0 Å². The maximum Gasteiger partial charge on any atom is 0.248 e. The van der Waals surface area contributed by atoms with E-state index in [0.717, 1.165) is 10.4 Å². The van der Waals surface area contributed by atoms with Crippen LogP contribution < -0.4 is 10.6 Å². The molecule has 0 saturated heterocycles. The number of nitrogens with zero attached hydrogens (tertiary/aromatic N) is 1. The predicted molar refractivity (Wildman–Crippen MR) is 92.4 cm³/mol. The van der Waals surface area contributed by atoms with Crippen LogP contribution in [0.5, 0.6) is 0 Å². The SMILES string of the molecule is CC(=O)N[C@@H](C(=O)Nc1ncc(Cc2cccc(F)c2)s1)C(C)C. The lowest BCUT2D eigenvalue weighted by molar-refractivity contribution is -0.126. The average Bonchev–Trinajstić information content (AvgIpc) is 2.91. The lowest BCUT2D eigenvalue weighted by atomic mass is 10.0. The standard InChI is InChI=1S/C17H20FN3O2S/c1-10(2)15(20-11(3)22)16(23)21-17-19-9-14(24-17)8-12-5-4-6-13(18)7-12/h4-7,9-10,15H,8H2,1-3H3,(H,20,22)(H,19,21,23)/t15-/m1/s1. The summed E-state index contributed by atoms with van der Waals surface area (Å²) in [5.74, 6) is -0.872. The van der Waals surface area contributed by atoms with Crippen LogP contribution in [0.3, 0.4) is 0 Å². The summed E-state index contributed by atoms with van der Waals surface area (Å²) >= 11 is 1.33. The molecule has 0 spiro atoms. The molecule has 0 saturated carbocycles. The number of carbonyl (C=O) groups excluding carboxylic acids is 2. The number of anilines is 1. The molecule has 1 aromatic heterocycles. The van der Waals surface area contributed by atoms with E-state index in [1.807, 2.05) is 19.9 Å². The number of benzene rings is 1. The van der Waals surface area contributed by atoms with Crippen LogP contribution in [-0.4, -0.2) is 22.8 Å². The zero-order valence-corrected chi connectivity index (χ0v) is 14.6. The molecule has 2 rings (SSSR count). The maximum atomic E-state index is 13.2. The predicted octanol–water partition coefficient (Wildman–Crippen LogP) is 2.97. The molecule has 0 aliphatic rings. The number of aromatic nitrogens is 1. The van der Waals surface area contributed by atoms with Gasteiger partial charge in [0.25, 0.3) is 0 Å². The fourth-order valence-electron chi connectivity index (χ4n) is 2.23. The van der Waals surface area contributed by atoms with Crippen molar-refractivity contribution in [2.45, 2.75) is 33.2 Å². The van der Waals surface area contributed by atoms with Crippen molar-refractivity contribution in [3.05, 3.63) is 46.7 Å². The Kier molecular flexibility index (Phi) is 6.03. The van der Waals surface area contributed by atoms with Crippen LogP contribution >= 0.6 is 11.3 Å². The number of amides is 2. The molecule has 1 heterocycles. The first-order valence-electron chi connectivity index (χ1n) is 7.62. The van der Waals surface area contributed by atoms with Gasteiger partial charge in [-0.1, -0.05) is 26.0 Å². The Hall–Kier alpha value is -2.28. The molecule has 128 valence electrons. The summed E-state index contributed by atoms with van der Waals surface area (Å²) in [5, 5.41) is 5.82. The third-order valence-corrected chi connectivity index (χ3v) is 4.27. The lowest BCUT2D eigenvalue weighted by Crippen LogP contribution is -2.46. The number of carbonyl (C=O) groups is 2. The van der Waals surface area contributed by atoms with Crippen LogP contribution in [0.2, 0.25) is 0 Å². The third kappa shape index (κ3) is 5.13. The highest BCUT2D eigenvalue weighted by atomic mass is 32.1. The minimum absolute atomic E-state index is 0.0411. The molecule has 0 aliphatic carbocycles. The normalized spacial score (nSPS) is 12.0. The van der Waals surface area contributed by atoms with Gasteiger partial charge in [0.05, 0.1) is 0 Å². The van der Waals surface area contributed by atoms with Crippen molar-refractivity contribution >= 4 is 28.3 Å². The van der Waals surface area contributed by atoms with E-state index in [2.05, 4.69) is 15.6 Å². The molecule has 7 heteroatoms. The highest BCUT2D eigenvalue weighted by Crippen LogP contribution is 2.22. The summed E-state index contributed by atoms with van der Waals surface area (Å²) in [6.07, 6.45) is 2.21. The number of hydrogen-bond acceptors (Lipinski definition) is 4. The zero-order chi connectivity index (χ0) is 17.7. The summed E-state index contributed by atoms with van der Waals surface area (Å²) in [7, 11) is 0. The second kappa shape index (κ2) is 8.01. The molecule has 2 aromatic rings. The van der Waals surface area contributed by atoms with Gasteiger partial charge in [0.15, 0.2) is 5.13 Å². The highest BCUT2D eigenvalue weighted by Gasteiger charge is 2.23. The quantitative estimate of drug-likeness (QED) is 0.842. The first-order chi connectivity index (χ1) is 11.3. The van der Waals surface area contributed by atoms with Gasteiger partial charge in [-0.15, -0.1) is 11.3 Å².